The van der Waals surface area contributed by atoms with Gasteiger partial charge in [0, 0.05) is 21.7 Å². The van der Waals surface area contributed by atoms with E-state index in [0.29, 0.717) is 0 Å². The van der Waals surface area contributed by atoms with E-state index in [4.69, 9.17) is 16.3 Å². The van der Waals surface area contributed by atoms with E-state index >= 15 is 0 Å². The summed E-state index contributed by atoms with van der Waals surface area (Å²) in [6.07, 6.45) is 1.58. The summed E-state index contributed by atoms with van der Waals surface area (Å²) >= 11 is 7.85. The third kappa shape index (κ3) is 3.11. The Bertz CT molecular complexity index is 1080. The minimum absolute atomic E-state index is 0.723. The van der Waals surface area contributed by atoms with Crippen LogP contribution in [0.1, 0.15) is 5.56 Å². The van der Waals surface area contributed by atoms with Crippen molar-refractivity contribution in [2.24, 2.45) is 0 Å². The minimum atomic E-state index is 0.723. The number of nitrogens with one attached hydrogen (secondary N) is 1. The summed E-state index contributed by atoms with van der Waals surface area (Å²) in [4.78, 5) is 9.81. The molecule has 4 nitrogen and oxygen atoms in total. The number of nitrogens with zero attached hydrogens (tertiary/aromatic N) is 2. The molecule has 2 heterocycles. The smallest absolute Gasteiger partial charge is 0.143 e. The summed E-state index contributed by atoms with van der Waals surface area (Å²) in [6, 6.07) is 13.9. The molecule has 0 atom stereocenters. The molecule has 130 valence electrons. The average Bonchev–Trinajstić information content (AvgIpc) is 3.10. The van der Waals surface area contributed by atoms with E-state index in [1.165, 1.54) is 0 Å². The Morgan fingerprint density at radius 1 is 1.08 bits per heavy atom. The van der Waals surface area contributed by atoms with E-state index in [1.54, 1.807) is 24.8 Å². The molecule has 4 rings (SSSR count). The van der Waals surface area contributed by atoms with Crippen LogP contribution in [0, 0.1) is 6.92 Å². The molecular formula is C20H16ClN3OS. The van der Waals surface area contributed by atoms with E-state index in [1.807, 2.05) is 49.4 Å². The van der Waals surface area contributed by atoms with Crippen LogP contribution in [0.3, 0.4) is 0 Å². The van der Waals surface area contributed by atoms with Crippen molar-refractivity contribution in [3.8, 4) is 16.9 Å². The summed E-state index contributed by atoms with van der Waals surface area (Å²) in [7, 11) is 1.66. The van der Waals surface area contributed by atoms with Crippen molar-refractivity contribution in [3.63, 3.8) is 0 Å². The Hall–Kier alpha value is -2.63. The first-order chi connectivity index (χ1) is 12.7. The number of fused-ring (bicyclic) bond motifs is 1. The Morgan fingerprint density at radius 3 is 2.62 bits per heavy atom. The molecule has 0 unspecified atom stereocenters. The molecule has 2 aromatic carbocycles. The highest BCUT2D eigenvalue weighted by Gasteiger charge is 2.13. The molecule has 0 radical (unpaired) electrons. The predicted octanol–water partition coefficient (Wildman–Crippen LogP) is 6.07. The lowest BCUT2D eigenvalue weighted by molar-refractivity contribution is 0.415. The Labute approximate surface area is 160 Å². The maximum Gasteiger partial charge on any atom is 0.143 e. The first-order valence-corrected chi connectivity index (χ1v) is 9.31. The molecule has 0 aliphatic carbocycles. The van der Waals surface area contributed by atoms with Gasteiger partial charge in [-0.3, -0.25) is 0 Å². The van der Waals surface area contributed by atoms with Gasteiger partial charge >= 0.3 is 0 Å². The lowest BCUT2D eigenvalue weighted by Gasteiger charge is -2.10. The number of methoxy groups -OCH3 is 1. The Morgan fingerprint density at radius 2 is 1.88 bits per heavy atom. The number of halogens is 1. The maximum atomic E-state index is 6.25. The maximum absolute atomic E-state index is 6.25. The quantitative estimate of drug-likeness (QED) is 0.466. The van der Waals surface area contributed by atoms with E-state index in [9.17, 15) is 0 Å². The molecule has 0 saturated carbocycles. The third-order valence-corrected chi connectivity index (χ3v) is 5.50. The van der Waals surface area contributed by atoms with Crippen LogP contribution in [0.15, 0.2) is 54.2 Å². The molecule has 0 bridgehead atoms. The molecule has 0 fully saturated rings. The number of ether oxygens (including phenoxy) is 1. The van der Waals surface area contributed by atoms with E-state index in [2.05, 4.69) is 20.7 Å². The van der Waals surface area contributed by atoms with Gasteiger partial charge in [0.15, 0.2) is 0 Å². The minimum Gasteiger partial charge on any atom is -0.497 e. The zero-order valence-corrected chi connectivity index (χ0v) is 15.9. The number of rotatable bonds is 4. The molecule has 6 heteroatoms. The molecule has 1 N–H and O–H groups in total. The van der Waals surface area contributed by atoms with Gasteiger partial charge in [-0.25, -0.2) is 9.97 Å². The normalized spacial score (nSPS) is 10.9. The molecule has 0 spiro atoms. The van der Waals surface area contributed by atoms with Gasteiger partial charge in [0.2, 0.25) is 0 Å². The van der Waals surface area contributed by atoms with Gasteiger partial charge < -0.3 is 10.1 Å². The fourth-order valence-electron chi connectivity index (χ4n) is 2.76. The van der Waals surface area contributed by atoms with E-state index < -0.39 is 0 Å². The average molecular weight is 382 g/mol. The fraction of sp³-hybridized carbons (Fsp3) is 0.100. The number of hydrogen-bond acceptors (Lipinski definition) is 5. The van der Waals surface area contributed by atoms with Crippen molar-refractivity contribution in [1.29, 1.82) is 0 Å². The van der Waals surface area contributed by atoms with Crippen LogP contribution in [0.4, 0.5) is 11.5 Å². The lowest BCUT2D eigenvalue weighted by atomic mass is 10.1. The van der Waals surface area contributed by atoms with Gasteiger partial charge in [-0.1, -0.05) is 29.8 Å². The lowest BCUT2D eigenvalue weighted by Crippen LogP contribution is -1.96. The zero-order valence-electron chi connectivity index (χ0n) is 14.3. The van der Waals surface area contributed by atoms with Crippen LogP contribution < -0.4 is 10.1 Å². The van der Waals surface area contributed by atoms with Crippen LogP contribution in [-0.4, -0.2) is 17.1 Å². The predicted molar refractivity (Wildman–Crippen MR) is 109 cm³/mol. The largest absolute Gasteiger partial charge is 0.497 e. The molecule has 0 aliphatic heterocycles. The zero-order chi connectivity index (χ0) is 18.1. The van der Waals surface area contributed by atoms with Crippen LogP contribution >= 0.6 is 22.9 Å². The first kappa shape index (κ1) is 16.8. The number of aromatic nitrogens is 2. The summed E-state index contributed by atoms with van der Waals surface area (Å²) in [5, 5.41) is 7.21. The SMILES string of the molecule is COc1ccc(-c2csc3ncnc(Nc4ccc(C)c(Cl)c4)c23)cc1. The van der Waals surface area contributed by atoms with Crippen molar-refractivity contribution in [2.75, 3.05) is 12.4 Å². The summed E-state index contributed by atoms with van der Waals surface area (Å²) < 4.78 is 5.25. The molecule has 26 heavy (non-hydrogen) atoms. The standard InChI is InChI=1S/C20H16ClN3OS/c1-12-3-6-14(9-17(12)21)24-19-18-16(10-26-20(18)23-11-22-19)13-4-7-15(25-2)8-5-13/h3-11H,1-2H3,(H,22,23,24). The molecule has 0 amide bonds. The second-order valence-corrected chi connectivity index (χ2v) is 7.13. The summed E-state index contributed by atoms with van der Waals surface area (Å²) in [6.45, 7) is 1.98. The van der Waals surface area contributed by atoms with Gasteiger partial charge in [-0.15, -0.1) is 11.3 Å². The van der Waals surface area contributed by atoms with Crippen LogP contribution in [-0.2, 0) is 0 Å². The molecule has 0 aliphatic rings. The number of thiophene rings is 1. The summed E-state index contributed by atoms with van der Waals surface area (Å²) in [5.74, 6) is 1.60. The number of benzene rings is 2. The second kappa shape index (κ2) is 6.94. The molecular weight excluding hydrogens is 366 g/mol. The van der Waals surface area contributed by atoms with Gasteiger partial charge in [-0.05, 0) is 42.3 Å². The molecule has 2 aromatic heterocycles. The number of hydrogen-bond donors (Lipinski definition) is 1. The van der Waals surface area contributed by atoms with E-state index in [0.717, 1.165) is 49.2 Å². The van der Waals surface area contributed by atoms with Crippen molar-refractivity contribution in [2.45, 2.75) is 6.92 Å². The highest BCUT2D eigenvalue weighted by Crippen LogP contribution is 2.38. The highest BCUT2D eigenvalue weighted by atomic mass is 35.5. The molecule has 0 saturated heterocycles. The van der Waals surface area contributed by atoms with Gasteiger partial charge in [0.05, 0.1) is 12.5 Å². The van der Waals surface area contributed by atoms with Gasteiger partial charge in [0.25, 0.3) is 0 Å². The third-order valence-electron chi connectivity index (χ3n) is 4.21. The number of anilines is 2. The van der Waals surface area contributed by atoms with Gasteiger partial charge in [0.1, 0.15) is 22.7 Å². The molecule has 4 aromatic rings. The Kier molecular flexibility index (Phi) is 4.49. The summed E-state index contributed by atoms with van der Waals surface area (Å²) in [5.41, 5.74) is 4.12. The van der Waals surface area contributed by atoms with Gasteiger partial charge in [-0.2, -0.15) is 0 Å². The highest BCUT2D eigenvalue weighted by molar-refractivity contribution is 7.17. The number of aryl methyl sites for hydroxylation is 1. The van der Waals surface area contributed by atoms with Crippen molar-refractivity contribution in [3.05, 3.63) is 64.8 Å². The monoisotopic (exact) mass is 381 g/mol. The van der Waals surface area contributed by atoms with Crippen LogP contribution in [0.25, 0.3) is 21.3 Å². The topological polar surface area (TPSA) is 47.0 Å². The second-order valence-electron chi connectivity index (χ2n) is 5.87. The van der Waals surface area contributed by atoms with Crippen LogP contribution in [0.5, 0.6) is 5.75 Å². The fourth-order valence-corrected chi connectivity index (χ4v) is 3.86. The van der Waals surface area contributed by atoms with Crippen molar-refractivity contribution >= 4 is 44.7 Å². The van der Waals surface area contributed by atoms with Crippen LogP contribution in [0.2, 0.25) is 5.02 Å². The van der Waals surface area contributed by atoms with E-state index in [-0.39, 0.29) is 0 Å². The first-order valence-electron chi connectivity index (χ1n) is 8.05. The van der Waals surface area contributed by atoms with Crippen molar-refractivity contribution in [1.82, 2.24) is 9.97 Å². The Balaban J connectivity index is 1.79. The van der Waals surface area contributed by atoms with Crippen molar-refractivity contribution < 1.29 is 4.74 Å².